The van der Waals surface area contributed by atoms with Crippen molar-refractivity contribution in [3.05, 3.63) is 26.6 Å². The van der Waals surface area contributed by atoms with Gasteiger partial charge in [-0.25, -0.2) is 5.43 Å². The van der Waals surface area contributed by atoms with Crippen LogP contribution in [-0.4, -0.2) is 42.3 Å². The first kappa shape index (κ1) is 16.9. The molecule has 1 unspecified atom stereocenters. The molecule has 7 nitrogen and oxygen atoms in total. The summed E-state index contributed by atoms with van der Waals surface area (Å²) in [6.45, 7) is 1.19. The smallest absolute Gasteiger partial charge is 0.242 e. The fourth-order valence-corrected chi connectivity index (χ4v) is 3.16. The summed E-state index contributed by atoms with van der Waals surface area (Å²) >= 11 is 6.51. The Bertz CT molecular complexity index is 622. The lowest BCUT2D eigenvalue weighted by Crippen LogP contribution is -2.54. The predicted molar refractivity (Wildman–Crippen MR) is 88.7 cm³/mol. The van der Waals surface area contributed by atoms with Gasteiger partial charge >= 0.3 is 0 Å². The molecule has 1 heterocycles. The quantitative estimate of drug-likeness (QED) is 0.417. The van der Waals surface area contributed by atoms with Gasteiger partial charge in [0.15, 0.2) is 0 Å². The van der Waals surface area contributed by atoms with Gasteiger partial charge < -0.3 is 15.7 Å². The van der Waals surface area contributed by atoms with Gasteiger partial charge in [-0.3, -0.25) is 9.59 Å². The maximum absolute atomic E-state index is 11.7. The van der Waals surface area contributed by atoms with E-state index in [0.717, 1.165) is 4.47 Å². The van der Waals surface area contributed by atoms with Gasteiger partial charge in [-0.2, -0.15) is 5.10 Å². The van der Waals surface area contributed by atoms with E-state index in [1.54, 1.807) is 12.1 Å². The van der Waals surface area contributed by atoms with E-state index in [4.69, 9.17) is 0 Å². The number of phenols is 1. The summed E-state index contributed by atoms with van der Waals surface area (Å²) in [4.78, 5) is 23.2. The molecule has 0 aromatic heterocycles. The van der Waals surface area contributed by atoms with Crippen LogP contribution in [0.4, 0.5) is 0 Å². The van der Waals surface area contributed by atoms with E-state index in [9.17, 15) is 14.7 Å². The molecular weight excluding hydrogens is 420 g/mol. The van der Waals surface area contributed by atoms with Gasteiger partial charge in [-0.15, -0.1) is 0 Å². The number of carbonyl (C=O) groups is 2. The second-order valence-corrected chi connectivity index (χ2v) is 6.39. The highest BCUT2D eigenvalue weighted by Gasteiger charge is 2.23. The van der Waals surface area contributed by atoms with Crippen LogP contribution in [-0.2, 0) is 9.59 Å². The molecule has 4 N–H and O–H groups in total. The highest BCUT2D eigenvalue weighted by atomic mass is 79.9. The fourth-order valence-electron chi connectivity index (χ4n) is 1.90. The zero-order valence-corrected chi connectivity index (χ0v) is 14.6. The van der Waals surface area contributed by atoms with Crippen molar-refractivity contribution in [2.24, 2.45) is 5.10 Å². The largest absolute Gasteiger partial charge is 0.506 e. The Kier molecular flexibility index (Phi) is 5.92. The molecule has 2 rings (SSSR count). The lowest BCUT2D eigenvalue weighted by atomic mass is 10.1. The van der Waals surface area contributed by atoms with Crippen LogP contribution in [0, 0.1) is 0 Å². The molecular formula is C13H14Br2N4O3. The summed E-state index contributed by atoms with van der Waals surface area (Å²) in [5.41, 5.74) is 2.77. The van der Waals surface area contributed by atoms with Crippen molar-refractivity contribution in [2.45, 2.75) is 12.5 Å². The summed E-state index contributed by atoms with van der Waals surface area (Å²) in [6, 6.07) is 2.81. The average Bonchev–Trinajstić information content (AvgIpc) is 2.46. The Hall–Kier alpha value is -1.45. The summed E-state index contributed by atoms with van der Waals surface area (Å²) in [7, 11) is 0. The van der Waals surface area contributed by atoms with Crippen molar-refractivity contribution in [2.75, 3.05) is 13.1 Å². The Morgan fingerprint density at radius 3 is 2.95 bits per heavy atom. The minimum atomic E-state index is -0.544. The Labute approximate surface area is 143 Å². The minimum absolute atomic E-state index is 0.00264. The van der Waals surface area contributed by atoms with Gasteiger partial charge in [-0.1, -0.05) is 15.9 Å². The van der Waals surface area contributed by atoms with Crippen molar-refractivity contribution in [3.63, 3.8) is 0 Å². The third kappa shape index (κ3) is 4.52. The Morgan fingerprint density at radius 2 is 2.23 bits per heavy atom. The van der Waals surface area contributed by atoms with E-state index in [0.29, 0.717) is 23.1 Å². The van der Waals surface area contributed by atoms with E-state index < -0.39 is 6.04 Å². The number of carbonyl (C=O) groups excluding carboxylic acids is 2. The molecule has 1 atom stereocenters. The molecule has 0 radical (unpaired) electrons. The second-order valence-electron chi connectivity index (χ2n) is 4.62. The summed E-state index contributed by atoms with van der Waals surface area (Å²) in [5, 5.41) is 19.3. The maximum Gasteiger partial charge on any atom is 0.242 e. The Balaban J connectivity index is 1.92. The van der Waals surface area contributed by atoms with E-state index in [1.807, 2.05) is 0 Å². The number of benzene rings is 1. The zero-order chi connectivity index (χ0) is 16.1. The number of nitrogens with one attached hydrogen (secondary N) is 3. The van der Waals surface area contributed by atoms with Crippen molar-refractivity contribution in [3.8, 4) is 5.75 Å². The molecule has 1 aromatic carbocycles. The first-order chi connectivity index (χ1) is 10.5. The molecule has 1 fully saturated rings. The highest BCUT2D eigenvalue weighted by molar-refractivity contribution is 9.11. The molecule has 9 heteroatoms. The Morgan fingerprint density at radius 1 is 1.45 bits per heavy atom. The number of piperazine rings is 1. The number of hydrogen-bond donors (Lipinski definition) is 4. The van der Waals surface area contributed by atoms with E-state index >= 15 is 0 Å². The molecule has 2 amide bonds. The van der Waals surface area contributed by atoms with Crippen molar-refractivity contribution < 1.29 is 14.7 Å². The van der Waals surface area contributed by atoms with Crippen molar-refractivity contribution >= 4 is 49.9 Å². The summed E-state index contributed by atoms with van der Waals surface area (Å²) in [6.07, 6.45) is 1.33. The third-order valence-electron chi connectivity index (χ3n) is 2.97. The van der Waals surface area contributed by atoms with Gasteiger partial charge in [0.1, 0.15) is 5.75 Å². The van der Waals surface area contributed by atoms with E-state index in [-0.39, 0.29) is 24.0 Å². The summed E-state index contributed by atoms with van der Waals surface area (Å²) in [5.74, 6) is -0.562. The molecule has 0 aliphatic carbocycles. The van der Waals surface area contributed by atoms with Gasteiger partial charge in [0.05, 0.1) is 23.1 Å². The lowest BCUT2D eigenvalue weighted by molar-refractivity contribution is -0.129. The number of hydrazone groups is 1. The van der Waals surface area contributed by atoms with Gasteiger partial charge in [0.25, 0.3) is 0 Å². The summed E-state index contributed by atoms with van der Waals surface area (Å²) < 4.78 is 1.27. The molecule has 1 saturated heterocycles. The van der Waals surface area contributed by atoms with E-state index in [2.05, 4.69) is 53.0 Å². The van der Waals surface area contributed by atoms with Crippen molar-refractivity contribution in [1.82, 2.24) is 16.1 Å². The number of halogens is 2. The van der Waals surface area contributed by atoms with Gasteiger partial charge in [0.2, 0.25) is 11.8 Å². The van der Waals surface area contributed by atoms with Crippen LogP contribution >= 0.6 is 31.9 Å². The molecule has 1 aromatic rings. The lowest BCUT2D eigenvalue weighted by Gasteiger charge is -2.22. The number of amides is 2. The molecule has 0 saturated carbocycles. The molecule has 118 valence electrons. The van der Waals surface area contributed by atoms with Gasteiger partial charge in [-0.05, 0) is 28.1 Å². The minimum Gasteiger partial charge on any atom is -0.506 e. The first-order valence-corrected chi connectivity index (χ1v) is 8.07. The predicted octanol–water partition coefficient (Wildman–Crippen LogP) is 0.845. The number of rotatable bonds is 4. The number of hydrogen-bond acceptors (Lipinski definition) is 5. The monoisotopic (exact) mass is 432 g/mol. The molecule has 0 spiro atoms. The molecule has 22 heavy (non-hydrogen) atoms. The second kappa shape index (κ2) is 7.70. The topological polar surface area (TPSA) is 103 Å². The van der Waals surface area contributed by atoms with Crippen LogP contribution in [0.2, 0.25) is 0 Å². The van der Waals surface area contributed by atoms with Crippen LogP contribution in [0.5, 0.6) is 5.75 Å². The third-order valence-corrected chi connectivity index (χ3v) is 4.03. The van der Waals surface area contributed by atoms with Crippen LogP contribution < -0.4 is 16.1 Å². The van der Waals surface area contributed by atoms with Crippen molar-refractivity contribution in [1.29, 1.82) is 0 Å². The standard InChI is InChI=1S/C13H14Br2N4O3/c14-8-3-7(12(21)9(15)4-8)6-18-19-11(20)5-10-13(22)17-2-1-16-10/h3-4,6,10,16,21H,1-2,5H2,(H,17,22)(H,19,20)/b18-6+. The SMILES string of the molecule is O=C(CC1NCCNC1=O)N/N=C/c1cc(Br)cc(Br)c1O. The average molecular weight is 434 g/mol. The first-order valence-electron chi connectivity index (χ1n) is 6.48. The van der Waals surface area contributed by atoms with Crippen LogP contribution in [0.25, 0.3) is 0 Å². The normalized spacial score (nSPS) is 18.3. The van der Waals surface area contributed by atoms with E-state index in [1.165, 1.54) is 6.21 Å². The molecule has 1 aliphatic rings. The number of phenolic OH excluding ortho intramolecular Hbond substituents is 1. The number of aromatic hydroxyl groups is 1. The maximum atomic E-state index is 11.7. The molecule has 1 aliphatic heterocycles. The van der Waals surface area contributed by atoms with Crippen LogP contribution in [0.3, 0.4) is 0 Å². The zero-order valence-electron chi connectivity index (χ0n) is 11.4. The van der Waals surface area contributed by atoms with Gasteiger partial charge in [0, 0.05) is 23.1 Å². The van der Waals surface area contributed by atoms with Crippen LogP contribution in [0.1, 0.15) is 12.0 Å². The highest BCUT2D eigenvalue weighted by Crippen LogP contribution is 2.30. The fraction of sp³-hybridized carbons (Fsp3) is 0.308. The van der Waals surface area contributed by atoms with Crippen LogP contribution in [0.15, 0.2) is 26.2 Å². The molecule has 0 bridgehead atoms. The number of nitrogens with zero attached hydrogens (tertiary/aromatic N) is 1.